The minimum Gasteiger partial charge on any atom is -0.344 e. The Balaban J connectivity index is 1.64. The number of carbonyl (C=O) groups excluding carboxylic acids is 1. The summed E-state index contributed by atoms with van der Waals surface area (Å²) in [5.74, 6) is 0.157. The van der Waals surface area contributed by atoms with Crippen LogP contribution in [0.15, 0.2) is 52.1 Å². The first kappa shape index (κ1) is 20.3. The van der Waals surface area contributed by atoms with E-state index in [1.807, 2.05) is 25.1 Å². The number of fused-ring (bicyclic) bond motifs is 1. The summed E-state index contributed by atoms with van der Waals surface area (Å²) in [5, 5.41) is 15.9. The van der Waals surface area contributed by atoms with Gasteiger partial charge in [-0.25, -0.2) is 0 Å². The van der Waals surface area contributed by atoms with Crippen molar-refractivity contribution in [1.82, 2.24) is 9.58 Å². The summed E-state index contributed by atoms with van der Waals surface area (Å²) >= 11 is 1.38. The van der Waals surface area contributed by atoms with E-state index in [9.17, 15) is 4.79 Å². The number of amidine groups is 2. The molecule has 1 aromatic heterocycles. The summed E-state index contributed by atoms with van der Waals surface area (Å²) in [7, 11) is 0. The second kappa shape index (κ2) is 8.07. The highest BCUT2D eigenvalue weighted by Gasteiger charge is 2.35. The molecule has 1 aromatic carbocycles. The number of aliphatic imine (C=N–C) groups is 1. The van der Waals surface area contributed by atoms with Gasteiger partial charge in [0.25, 0.3) is 5.91 Å². The predicted octanol–water partition coefficient (Wildman–Crippen LogP) is 4.82. The van der Waals surface area contributed by atoms with Crippen molar-refractivity contribution in [2.24, 2.45) is 16.0 Å². The van der Waals surface area contributed by atoms with Crippen LogP contribution in [0.1, 0.15) is 42.8 Å². The largest absolute Gasteiger partial charge is 0.344 e. The molecule has 1 N–H and O–H groups in total. The minimum absolute atomic E-state index is 0.0871. The van der Waals surface area contributed by atoms with E-state index < -0.39 is 0 Å². The van der Waals surface area contributed by atoms with Crippen LogP contribution in [0.2, 0.25) is 0 Å². The zero-order valence-electron chi connectivity index (χ0n) is 17.6. The number of nitrogens with zero attached hydrogens (tertiary/aromatic N) is 4. The molecule has 2 aromatic rings. The third-order valence-corrected chi connectivity index (χ3v) is 6.11. The lowest BCUT2D eigenvalue weighted by Crippen LogP contribution is -2.35. The van der Waals surface area contributed by atoms with Crippen molar-refractivity contribution in [3.8, 4) is 0 Å². The highest BCUT2D eigenvalue weighted by atomic mass is 32.2. The average molecular weight is 420 g/mol. The van der Waals surface area contributed by atoms with E-state index in [1.54, 1.807) is 6.08 Å². The molecule has 154 valence electrons. The smallest absolute Gasteiger partial charge is 0.283 e. The summed E-state index contributed by atoms with van der Waals surface area (Å²) in [5.41, 5.74) is 4.58. The van der Waals surface area contributed by atoms with Crippen LogP contribution in [0.3, 0.4) is 0 Å². The Morgan fingerprint density at radius 3 is 2.63 bits per heavy atom. The number of aromatic nitrogens is 1. The van der Waals surface area contributed by atoms with Crippen LogP contribution in [0.5, 0.6) is 0 Å². The molecule has 0 atom stereocenters. The fourth-order valence-electron chi connectivity index (χ4n) is 3.60. The summed E-state index contributed by atoms with van der Waals surface area (Å²) in [6.07, 6.45) is 2.58. The molecule has 2 aliphatic rings. The molecule has 0 aliphatic carbocycles. The van der Waals surface area contributed by atoms with Crippen molar-refractivity contribution in [3.63, 3.8) is 0 Å². The van der Waals surface area contributed by atoms with Crippen molar-refractivity contribution < 1.29 is 4.79 Å². The Labute approximate surface area is 180 Å². The zero-order valence-corrected chi connectivity index (χ0v) is 18.5. The monoisotopic (exact) mass is 419 g/mol. The number of amides is 1. The van der Waals surface area contributed by atoms with E-state index in [0.29, 0.717) is 11.1 Å². The molecule has 6 nitrogen and oxygen atoms in total. The van der Waals surface area contributed by atoms with Crippen molar-refractivity contribution >= 4 is 39.8 Å². The molecule has 30 heavy (non-hydrogen) atoms. The maximum atomic E-state index is 12.7. The van der Waals surface area contributed by atoms with Crippen molar-refractivity contribution in [1.29, 1.82) is 5.41 Å². The van der Waals surface area contributed by atoms with Crippen LogP contribution >= 0.6 is 11.8 Å². The summed E-state index contributed by atoms with van der Waals surface area (Å²) < 4.78 is 2.22. The van der Waals surface area contributed by atoms with Gasteiger partial charge < -0.3 is 4.57 Å². The number of hydrogen-bond acceptors (Lipinski definition) is 4. The van der Waals surface area contributed by atoms with Crippen molar-refractivity contribution in [2.45, 2.75) is 40.7 Å². The molecule has 4 rings (SSSR count). The molecule has 0 fully saturated rings. The lowest BCUT2D eigenvalue weighted by molar-refractivity contribution is -0.114. The van der Waals surface area contributed by atoms with Crippen LogP contribution in [-0.2, 0) is 11.3 Å². The molecule has 0 saturated heterocycles. The van der Waals surface area contributed by atoms with E-state index >= 15 is 0 Å². The molecular weight excluding hydrogens is 394 g/mol. The van der Waals surface area contributed by atoms with Gasteiger partial charge in [-0.2, -0.15) is 15.1 Å². The number of nitrogens with one attached hydrogen (secondary N) is 1. The Hall–Kier alpha value is -2.93. The van der Waals surface area contributed by atoms with Gasteiger partial charge in [0.2, 0.25) is 5.17 Å². The van der Waals surface area contributed by atoms with Gasteiger partial charge >= 0.3 is 0 Å². The molecule has 7 heteroatoms. The van der Waals surface area contributed by atoms with E-state index in [-0.39, 0.29) is 17.3 Å². The highest BCUT2D eigenvalue weighted by molar-refractivity contribution is 8.26. The molecule has 2 aliphatic heterocycles. The number of aryl methyl sites for hydroxylation is 1. The topological polar surface area (TPSA) is 73.8 Å². The lowest BCUT2D eigenvalue weighted by Gasteiger charge is -2.20. The first-order chi connectivity index (χ1) is 14.3. The number of hydrazone groups is 1. The van der Waals surface area contributed by atoms with E-state index in [2.05, 4.69) is 53.6 Å². The maximum Gasteiger partial charge on any atom is 0.283 e. The third kappa shape index (κ3) is 3.89. The van der Waals surface area contributed by atoms with E-state index in [4.69, 9.17) is 5.41 Å². The van der Waals surface area contributed by atoms with Gasteiger partial charge in [0, 0.05) is 24.4 Å². The average Bonchev–Trinajstić information content (AvgIpc) is 3.21. The van der Waals surface area contributed by atoms with Gasteiger partial charge in [-0.05, 0) is 54.8 Å². The second-order valence-electron chi connectivity index (χ2n) is 8.01. The van der Waals surface area contributed by atoms with Crippen LogP contribution in [0.4, 0.5) is 0 Å². The first-order valence-electron chi connectivity index (χ1n) is 10.0. The summed E-state index contributed by atoms with van der Waals surface area (Å²) in [6.45, 7) is 9.10. The molecule has 3 heterocycles. The van der Waals surface area contributed by atoms with Gasteiger partial charge in [0.1, 0.15) is 5.04 Å². The molecule has 0 unspecified atom stereocenters. The van der Waals surface area contributed by atoms with Crippen molar-refractivity contribution in [2.75, 3.05) is 0 Å². The van der Waals surface area contributed by atoms with Gasteiger partial charge in [-0.15, -0.1) is 0 Å². The normalized spacial score (nSPS) is 17.6. The molecule has 0 bridgehead atoms. The number of rotatable bonds is 5. The fourth-order valence-corrected chi connectivity index (χ4v) is 4.70. The number of carbonyl (C=O) groups is 1. The molecular formula is C23H25N5OS. The Morgan fingerprint density at radius 2 is 1.93 bits per heavy atom. The number of hydrogen-bond donors (Lipinski definition) is 1. The maximum absolute atomic E-state index is 12.7. The second-order valence-corrected chi connectivity index (χ2v) is 9.05. The Bertz CT molecular complexity index is 1110. The number of thioether (sulfide) groups is 1. The highest BCUT2D eigenvalue weighted by Crippen LogP contribution is 2.31. The zero-order chi connectivity index (χ0) is 21.4. The third-order valence-electron chi connectivity index (χ3n) is 5.18. The summed E-state index contributed by atoms with van der Waals surface area (Å²) in [4.78, 5) is 16.9. The fraction of sp³-hybridized carbons (Fsp3) is 0.304. The van der Waals surface area contributed by atoms with Crippen molar-refractivity contribution in [3.05, 3.63) is 64.5 Å². The molecule has 1 amide bonds. The SMILES string of the molecule is Cc1cc(/C=C2\C(=N)N3N=C(CC(C)C)SC3=NC2=O)c(C)n1Cc1ccccc1. The van der Waals surface area contributed by atoms with Gasteiger partial charge in [-0.3, -0.25) is 10.2 Å². The van der Waals surface area contributed by atoms with Crippen LogP contribution < -0.4 is 0 Å². The molecule has 0 saturated carbocycles. The summed E-state index contributed by atoms with van der Waals surface area (Å²) in [6, 6.07) is 12.3. The lowest BCUT2D eigenvalue weighted by atomic mass is 10.1. The molecule has 0 spiro atoms. The molecule has 0 radical (unpaired) electrons. The van der Waals surface area contributed by atoms with Gasteiger partial charge in [0.15, 0.2) is 5.84 Å². The quantitative estimate of drug-likeness (QED) is 0.706. The number of benzene rings is 1. The van der Waals surface area contributed by atoms with E-state index in [1.165, 1.54) is 22.3 Å². The first-order valence-corrected chi connectivity index (χ1v) is 10.8. The standard InChI is InChI=1S/C23H25N5OS/c1-14(2)10-20-26-28-21(24)19(22(29)25-23(28)30-20)12-18-11-15(3)27(16(18)4)13-17-8-6-5-7-9-17/h5-9,11-12,14,24H,10,13H2,1-4H3/b19-12+,24-21?. The van der Waals surface area contributed by atoms with Gasteiger partial charge in [0.05, 0.1) is 5.57 Å². The van der Waals surface area contributed by atoms with Crippen LogP contribution in [-0.4, -0.2) is 31.5 Å². The van der Waals surface area contributed by atoms with Crippen LogP contribution in [0.25, 0.3) is 6.08 Å². The predicted molar refractivity (Wildman–Crippen MR) is 124 cm³/mol. The van der Waals surface area contributed by atoms with Crippen LogP contribution in [0, 0.1) is 25.2 Å². The minimum atomic E-state index is -0.382. The van der Waals surface area contributed by atoms with Gasteiger partial charge in [-0.1, -0.05) is 44.2 Å². The Kier molecular flexibility index (Phi) is 5.47. The van der Waals surface area contributed by atoms with E-state index in [0.717, 1.165) is 35.0 Å². The Morgan fingerprint density at radius 1 is 1.20 bits per heavy atom.